The average molecular weight is 288 g/mol. The van der Waals surface area contributed by atoms with Crippen molar-refractivity contribution in [1.29, 1.82) is 0 Å². The molecule has 0 aliphatic carbocycles. The number of hydrogen-bond acceptors (Lipinski definition) is 4. The highest BCUT2D eigenvalue weighted by Gasteiger charge is 2.40. The second-order valence-electron chi connectivity index (χ2n) is 5.61. The maximum absolute atomic E-state index is 12.5. The van der Waals surface area contributed by atoms with E-state index in [1.807, 2.05) is 4.90 Å². The molecule has 2 heterocycles. The maximum Gasteiger partial charge on any atom is 0.241 e. The number of carbonyl (C=O) groups excluding carboxylic acids is 1. The van der Waals surface area contributed by atoms with E-state index < -0.39 is 15.1 Å². The highest BCUT2D eigenvalue weighted by molar-refractivity contribution is 7.92. The Morgan fingerprint density at radius 2 is 2.00 bits per heavy atom. The molecule has 0 radical (unpaired) electrons. The summed E-state index contributed by atoms with van der Waals surface area (Å²) in [5.74, 6) is 0.0178. The molecule has 2 N–H and O–H groups in total. The SMILES string of the molecule is NCCCC1CCCN1C(=O)C1CCCCS1(=O)=O. The summed E-state index contributed by atoms with van der Waals surface area (Å²) in [6, 6.07) is 0.202. The largest absolute Gasteiger partial charge is 0.339 e. The molecule has 5 nitrogen and oxygen atoms in total. The van der Waals surface area contributed by atoms with Gasteiger partial charge < -0.3 is 10.6 Å². The molecule has 2 unspecified atom stereocenters. The van der Waals surface area contributed by atoms with Gasteiger partial charge in [-0.1, -0.05) is 6.42 Å². The number of amides is 1. The minimum absolute atomic E-state index is 0.153. The summed E-state index contributed by atoms with van der Waals surface area (Å²) in [6.07, 6.45) is 5.80. The van der Waals surface area contributed by atoms with Crippen molar-refractivity contribution in [3.8, 4) is 0 Å². The zero-order valence-electron chi connectivity index (χ0n) is 11.4. The van der Waals surface area contributed by atoms with Crippen LogP contribution in [0.15, 0.2) is 0 Å². The van der Waals surface area contributed by atoms with Gasteiger partial charge in [-0.15, -0.1) is 0 Å². The van der Waals surface area contributed by atoms with Crippen LogP contribution in [0.3, 0.4) is 0 Å². The van der Waals surface area contributed by atoms with Gasteiger partial charge in [-0.3, -0.25) is 4.79 Å². The Bertz CT molecular complexity index is 422. The summed E-state index contributed by atoms with van der Waals surface area (Å²) < 4.78 is 24.1. The average Bonchev–Trinajstić information content (AvgIpc) is 2.83. The Balaban J connectivity index is 2.05. The Labute approximate surface area is 115 Å². The lowest BCUT2D eigenvalue weighted by Gasteiger charge is -2.30. The number of likely N-dealkylation sites (tertiary alicyclic amines) is 1. The first kappa shape index (κ1) is 14.8. The van der Waals surface area contributed by atoms with E-state index in [1.165, 1.54) is 0 Å². The van der Waals surface area contributed by atoms with Gasteiger partial charge in [0.2, 0.25) is 5.91 Å². The summed E-state index contributed by atoms with van der Waals surface area (Å²) in [5.41, 5.74) is 5.51. The highest BCUT2D eigenvalue weighted by atomic mass is 32.2. The first-order valence-corrected chi connectivity index (χ1v) is 9.00. The molecule has 0 saturated carbocycles. The van der Waals surface area contributed by atoms with Crippen LogP contribution in [0, 0.1) is 0 Å². The van der Waals surface area contributed by atoms with Crippen LogP contribution in [0.4, 0.5) is 0 Å². The van der Waals surface area contributed by atoms with Crippen LogP contribution in [0.2, 0.25) is 0 Å². The van der Waals surface area contributed by atoms with Crippen LogP contribution < -0.4 is 5.73 Å². The highest BCUT2D eigenvalue weighted by Crippen LogP contribution is 2.27. The molecule has 2 saturated heterocycles. The van der Waals surface area contributed by atoms with Crippen molar-refractivity contribution in [2.45, 2.75) is 56.2 Å². The van der Waals surface area contributed by atoms with Gasteiger partial charge in [0, 0.05) is 12.6 Å². The van der Waals surface area contributed by atoms with Gasteiger partial charge in [-0.2, -0.15) is 0 Å². The molecule has 2 atom stereocenters. The quantitative estimate of drug-likeness (QED) is 0.825. The van der Waals surface area contributed by atoms with E-state index in [1.54, 1.807) is 0 Å². The van der Waals surface area contributed by atoms with E-state index in [9.17, 15) is 13.2 Å². The van der Waals surface area contributed by atoms with Gasteiger partial charge in [0.15, 0.2) is 9.84 Å². The molecule has 2 rings (SSSR count). The molecule has 2 aliphatic rings. The lowest BCUT2D eigenvalue weighted by molar-refractivity contribution is -0.131. The summed E-state index contributed by atoms with van der Waals surface area (Å²) in [5, 5.41) is -0.778. The van der Waals surface area contributed by atoms with Crippen LogP contribution in [0.25, 0.3) is 0 Å². The Kier molecular flexibility index (Phi) is 4.84. The fourth-order valence-electron chi connectivity index (χ4n) is 3.20. The molecular weight excluding hydrogens is 264 g/mol. The van der Waals surface area contributed by atoms with Gasteiger partial charge in [-0.25, -0.2) is 8.42 Å². The number of sulfone groups is 1. The standard InChI is InChI=1S/C13H24N2O3S/c14-8-3-5-11-6-4-9-15(11)13(16)12-7-1-2-10-19(12,17)18/h11-12H,1-10,14H2. The molecular formula is C13H24N2O3S. The number of rotatable bonds is 4. The van der Waals surface area contributed by atoms with Crippen molar-refractivity contribution >= 4 is 15.7 Å². The van der Waals surface area contributed by atoms with E-state index >= 15 is 0 Å². The third kappa shape index (κ3) is 3.28. The molecule has 0 aromatic heterocycles. The minimum Gasteiger partial charge on any atom is -0.339 e. The van der Waals surface area contributed by atoms with E-state index in [-0.39, 0.29) is 17.7 Å². The van der Waals surface area contributed by atoms with Crippen molar-refractivity contribution in [2.75, 3.05) is 18.8 Å². The van der Waals surface area contributed by atoms with Crippen LogP contribution in [-0.2, 0) is 14.6 Å². The maximum atomic E-state index is 12.5. The normalized spacial score (nSPS) is 30.5. The van der Waals surface area contributed by atoms with Gasteiger partial charge >= 0.3 is 0 Å². The predicted octanol–water partition coefficient (Wildman–Crippen LogP) is 0.684. The van der Waals surface area contributed by atoms with Crippen molar-refractivity contribution in [1.82, 2.24) is 4.90 Å². The second kappa shape index (κ2) is 6.22. The van der Waals surface area contributed by atoms with Crippen molar-refractivity contribution < 1.29 is 13.2 Å². The first-order chi connectivity index (χ1) is 9.06. The number of nitrogens with two attached hydrogens (primary N) is 1. The Morgan fingerprint density at radius 1 is 1.21 bits per heavy atom. The van der Waals surface area contributed by atoms with Crippen molar-refractivity contribution in [2.24, 2.45) is 5.73 Å². The molecule has 0 spiro atoms. The molecule has 2 aliphatic heterocycles. The predicted molar refractivity (Wildman–Crippen MR) is 74.4 cm³/mol. The van der Waals surface area contributed by atoms with E-state index in [4.69, 9.17) is 5.73 Å². The molecule has 0 aromatic carbocycles. The number of hydrogen-bond donors (Lipinski definition) is 1. The Hall–Kier alpha value is -0.620. The molecule has 2 fully saturated rings. The molecule has 6 heteroatoms. The topological polar surface area (TPSA) is 80.5 Å². The van der Waals surface area contributed by atoms with Gasteiger partial charge in [-0.05, 0) is 45.1 Å². The zero-order chi connectivity index (χ0) is 13.9. The number of nitrogens with zero attached hydrogens (tertiary/aromatic N) is 1. The number of carbonyl (C=O) groups is 1. The summed E-state index contributed by atoms with van der Waals surface area (Å²) in [4.78, 5) is 14.3. The first-order valence-electron chi connectivity index (χ1n) is 7.28. The summed E-state index contributed by atoms with van der Waals surface area (Å²) in [6.45, 7) is 1.33. The van der Waals surface area contributed by atoms with Crippen molar-refractivity contribution in [3.05, 3.63) is 0 Å². The van der Waals surface area contributed by atoms with E-state index in [0.717, 1.165) is 32.1 Å². The van der Waals surface area contributed by atoms with E-state index in [2.05, 4.69) is 0 Å². The monoisotopic (exact) mass is 288 g/mol. The molecule has 1 amide bonds. The minimum atomic E-state index is -3.22. The zero-order valence-corrected chi connectivity index (χ0v) is 12.2. The second-order valence-corrected chi connectivity index (χ2v) is 7.91. The van der Waals surface area contributed by atoms with Crippen LogP contribution >= 0.6 is 0 Å². The third-order valence-corrected chi connectivity index (χ3v) is 6.42. The fraction of sp³-hybridized carbons (Fsp3) is 0.923. The van der Waals surface area contributed by atoms with Gasteiger partial charge in [0.1, 0.15) is 5.25 Å². The van der Waals surface area contributed by atoms with Crippen LogP contribution in [-0.4, -0.2) is 49.4 Å². The summed E-state index contributed by atoms with van der Waals surface area (Å²) in [7, 11) is -3.22. The smallest absolute Gasteiger partial charge is 0.241 e. The lowest BCUT2D eigenvalue weighted by Crippen LogP contribution is -2.47. The van der Waals surface area contributed by atoms with Gasteiger partial charge in [0.25, 0.3) is 0 Å². The third-order valence-electron chi connectivity index (χ3n) is 4.26. The molecule has 19 heavy (non-hydrogen) atoms. The fourth-order valence-corrected chi connectivity index (χ4v) is 5.06. The lowest BCUT2D eigenvalue weighted by atomic mass is 10.1. The van der Waals surface area contributed by atoms with Crippen molar-refractivity contribution in [3.63, 3.8) is 0 Å². The van der Waals surface area contributed by atoms with Crippen LogP contribution in [0.5, 0.6) is 0 Å². The van der Waals surface area contributed by atoms with Crippen LogP contribution in [0.1, 0.15) is 44.9 Å². The van der Waals surface area contributed by atoms with E-state index in [0.29, 0.717) is 25.9 Å². The summed E-state index contributed by atoms with van der Waals surface area (Å²) >= 11 is 0. The molecule has 0 aromatic rings. The molecule has 0 bridgehead atoms. The molecule has 110 valence electrons. The van der Waals surface area contributed by atoms with Gasteiger partial charge in [0.05, 0.1) is 5.75 Å². The Morgan fingerprint density at radius 3 is 2.68 bits per heavy atom.